The fraction of sp³-hybridized carbons (Fsp3) is 0.533. The van der Waals surface area contributed by atoms with Crippen molar-refractivity contribution in [3.05, 3.63) is 35.4 Å². The maximum absolute atomic E-state index is 11.6. The van der Waals surface area contributed by atoms with Gasteiger partial charge in [0.15, 0.2) is 0 Å². The minimum absolute atomic E-state index is 0.136. The van der Waals surface area contributed by atoms with Crippen LogP contribution in [0.2, 0.25) is 0 Å². The molecule has 0 aliphatic carbocycles. The highest BCUT2D eigenvalue weighted by atomic mass is 16.6. The Morgan fingerprint density at radius 3 is 2.61 bits per heavy atom. The van der Waals surface area contributed by atoms with E-state index in [9.17, 15) is 4.79 Å². The lowest BCUT2D eigenvalue weighted by atomic mass is 10.1. The Morgan fingerprint density at radius 1 is 1.39 bits per heavy atom. The van der Waals surface area contributed by atoms with Gasteiger partial charge in [-0.2, -0.15) is 0 Å². The quantitative estimate of drug-likeness (QED) is 0.834. The van der Waals surface area contributed by atoms with Gasteiger partial charge < -0.3 is 10.1 Å². The van der Waals surface area contributed by atoms with E-state index in [0.717, 1.165) is 0 Å². The monoisotopic (exact) mass is 249 g/mol. The van der Waals surface area contributed by atoms with Crippen molar-refractivity contribution < 1.29 is 9.53 Å². The maximum Gasteiger partial charge on any atom is 0.320 e. The van der Waals surface area contributed by atoms with Crippen LogP contribution in [0.3, 0.4) is 0 Å². The van der Waals surface area contributed by atoms with E-state index in [1.54, 1.807) is 0 Å². The summed E-state index contributed by atoms with van der Waals surface area (Å²) in [6, 6.07) is 8.39. The Balaban J connectivity index is 2.46. The fourth-order valence-corrected chi connectivity index (χ4v) is 1.67. The lowest BCUT2D eigenvalue weighted by Crippen LogP contribution is -2.32. The van der Waals surface area contributed by atoms with Gasteiger partial charge in [0.05, 0.1) is 6.54 Å². The first-order chi connectivity index (χ1) is 8.28. The molecule has 0 radical (unpaired) electrons. The predicted octanol–water partition coefficient (Wildman–Crippen LogP) is 2.99. The summed E-state index contributed by atoms with van der Waals surface area (Å²) in [6.45, 7) is 9.94. The van der Waals surface area contributed by atoms with Crippen molar-refractivity contribution in [3.8, 4) is 0 Å². The molecular formula is C15H23NO2. The zero-order valence-electron chi connectivity index (χ0n) is 11.9. The van der Waals surface area contributed by atoms with E-state index in [0.29, 0.717) is 0 Å². The van der Waals surface area contributed by atoms with Gasteiger partial charge in [-0.3, -0.25) is 4.79 Å². The first kappa shape index (κ1) is 14.7. The number of carbonyl (C=O) groups excluding carboxylic acids is 1. The molecule has 1 unspecified atom stereocenters. The number of ether oxygens (including phenoxy) is 1. The van der Waals surface area contributed by atoms with Crippen LogP contribution in [0.15, 0.2) is 24.3 Å². The van der Waals surface area contributed by atoms with Gasteiger partial charge in [-0.05, 0) is 40.2 Å². The third-order valence-electron chi connectivity index (χ3n) is 2.51. The first-order valence-electron chi connectivity index (χ1n) is 6.30. The van der Waals surface area contributed by atoms with Crippen LogP contribution in [0, 0.1) is 6.92 Å². The van der Waals surface area contributed by atoms with E-state index in [2.05, 4.69) is 30.4 Å². The largest absolute Gasteiger partial charge is 0.459 e. The van der Waals surface area contributed by atoms with Crippen LogP contribution in [0.25, 0.3) is 0 Å². The Hall–Kier alpha value is -1.35. The Kier molecular flexibility index (Phi) is 4.91. The van der Waals surface area contributed by atoms with Gasteiger partial charge in [0, 0.05) is 6.04 Å². The van der Waals surface area contributed by atoms with E-state index >= 15 is 0 Å². The molecule has 0 fully saturated rings. The average Bonchev–Trinajstić information content (AvgIpc) is 2.23. The highest BCUT2D eigenvalue weighted by molar-refractivity contribution is 5.72. The predicted molar refractivity (Wildman–Crippen MR) is 73.4 cm³/mol. The van der Waals surface area contributed by atoms with Crippen LogP contribution in [-0.2, 0) is 9.53 Å². The fourth-order valence-electron chi connectivity index (χ4n) is 1.67. The molecule has 100 valence electrons. The smallest absolute Gasteiger partial charge is 0.320 e. The van der Waals surface area contributed by atoms with Crippen molar-refractivity contribution in [1.29, 1.82) is 0 Å². The number of esters is 1. The summed E-state index contributed by atoms with van der Waals surface area (Å²) in [4.78, 5) is 11.6. The summed E-state index contributed by atoms with van der Waals surface area (Å²) >= 11 is 0. The molecule has 1 atom stereocenters. The van der Waals surface area contributed by atoms with Crippen LogP contribution in [0.4, 0.5) is 0 Å². The molecule has 3 heteroatoms. The van der Waals surface area contributed by atoms with Crippen molar-refractivity contribution in [2.75, 3.05) is 6.54 Å². The molecule has 0 aliphatic heterocycles. The number of hydrogen-bond donors (Lipinski definition) is 1. The number of benzene rings is 1. The molecule has 18 heavy (non-hydrogen) atoms. The third-order valence-corrected chi connectivity index (χ3v) is 2.51. The summed E-state index contributed by atoms with van der Waals surface area (Å²) < 4.78 is 5.25. The standard InChI is InChI=1S/C15H23NO2/c1-11-7-6-8-13(9-11)12(2)16-10-14(17)18-15(3,4)5/h6-9,12,16H,10H2,1-5H3. The van der Waals surface area contributed by atoms with E-state index in [-0.39, 0.29) is 18.6 Å². The summed E-state index contributed by atoms with van der Waals surface area (Å²) in [5.74, 6) is -0.220. The number of rotatable bonds is 4. The molecule has 0 heterocycles. The molecule has 1 N–H and O–H groups in total. The molecule has 1 aromatic rings. The van der Waals surface area contributed by atoms with Crippen LogP contribution in [-0.4, -0.2) is 18.1 Å². The second-order valence-corrected chi connectivity index (χ2v) is 5.60. The van der Waals surface area contributed by atoms with Crippen LogP contribution in [0.1, 0.15) is 44.9 Å². The van der Waals surface area contributed by atoms with Crippen LogP contribution in [0.5, 0.6) is 0 Å². The minimum atomic E-state index is -0.425. The van der Waals surface area contributed by atoms with Gasteiger partial charge in [-0.25, -0.2) is 0 Å². The first-order valence-corrected chi connectivity index (χ1v) is 6.30. The summed E-state index contributed by atoms with van der Waals surface area (Å²) in [5.41, 5.74) is 1.97. The molecule has 3 nitrogen and oxygen atoms in total. The molecule has 0 amide bonds. The molecule has 0 saturated carbocycles. The second-order valence-electron chi connectivity index (χ2n) is 5.60. The molecule has 0 bridgehead atoms. The van der Waals surface area contributed by atoms with Crippen molar-refractivity contribution in [1.82, 2.24) is 5.32 Å². The van der Waals surface area contributed by atoms with Gasteiger partial charge in [-0.15, -0.1) is 0 Å². The van der Waals surface area contributed by atoms with Gasteiger partial charge in [-0.1, -0.05) is 29.8 Å². The van der Waals surface area contributed by atoms with Crippen molar-refractivity contribution in [2.45, 2.75) is 46.3 Å². The second kappa shape index (κ2) is 6.01. The maximum atomic E-state index is 11.6. The zero-order chi connectivity index (χ0) is 13.8. The molecular weight excluding hydrogens is 226 g/mol. The Labute approximate surface area is 110 Å². The lowest BCUT2D eigenvalue weighted by molar-refractivity contribution is -0.153. The van der Waals surface area contributed by atoms with E-state index in [1.165, 1.54) is 11.1 Å². The topological polar surface area (TPSA) is 38.3 Å². The number of aryl methyl sites for hydroxylation is 1. The Morgan fingerprint density at radius 2 is 2.06 bits per heavy atom. The molecule has 0 saturated heterocycles. The van der Waals surface area contributed by atoms with Crippen molar-refractivity contribution >= 4 is 5.97 Å². The number of carbonyl (C=O) groups is 1. The summed E-state index contributed by atoms with van der Waals surface area (Å²) in [5, 5.41) is 3.17. The van der Waals surface area contributed by atoms with E-state index < -0.39 is 5.60 Å². The normalized spacial score (nSPS) is 13.2. The number of nitrogens with one attached hydrogen (secondary N) is 1. The highest BCUT2D eigenvalue weighted by Crippen LogP contribution is 2.13. The molecule has 0 spiro atoms. The summed E-state index contributed by atoms with van der Waals surface area (Å²) in [7, 11) is 0. The number of hydrogen-bond acceptors (Lipinski definition) is 3. The molecule has 0 aromatic heterocycles. The lowest BCUT2D eigenvalue weighted by Gasteiger charge is -2.21. The van der Waals surface area contributed by atoms with Crippen LogP contribution < -0.4 is 5.32 Å². The van der Waals surface area contributed by atoms with Crippen molar-refractivity contribution in [2.24, 2.45) is 0 Å². The molecule has 0 aliphatic rings. The van der Waals surface area contributed by atoms with Crippen LogP contribution >= 0.6 is 0 Å². The molecule has 1 rings (SSSR count). The third kappa shape index (κ3) is 5.32. The van der Waals surface area contributed by atoms with Gasteiger partial charge in [0.25, 0.3) is 0 Å². The van der Waals surface area contributed by atoms with Gasteiger partial charge in [0.2, 0.25) is 0 Å². The SMILES string of the molecule is Cc1cccc(C(C)NCC(=O)OC(C)(C)C)c1. The van der Waals surface area contributed by atoms with Gasteiger partial charge >= 0.3 is 5.97 Å². The summed E-state index contributed by atoms with van der Waals surface area (Å²) in [6.07, 6.45) is 0. The zero-order valence-corrected chi connectivity index (χ0v) is 11.9. The van der Waals surface area contributed by atoms with E-state index in [1.807, 2.05) is 33.8 Å². The Bertz CT molecular complexity index is 407. The average molecular weight is 249 g/mol. The molecule has 1 aromatic carbocycles. The minimum Gasteiger partial charge on any atom is -0.459 e. The van der Waals surface area contributed by atoms with Crippen molar-refractivity contribution in [3.63, 3.8) is 0 Å². The van der Waals surface area contributed by atoms with E-state index in [4.69, 9.17) is 4.74 Å². The highest BCUT2D eigenvalue weighted by Gasteiger charge is 2.16. The van der Waals surface area contributed by atoms with Gasteiger partial charge in [0.1, 0.15) is 5.60 Å².